The summed E-state index contributed by atoms with van der Waals surface area (Å²) in [5, 5.41) is 2.67. The van der Waals surface area contributed by atoms with Crippen molar-refractivity contribution in [3.05, 3.63) is 23.9 Å². The average Bonchev–Trinajstić information content (AvgIpc) is 2.38. The highest BCUT2D eigenvalue weighted by Crippen LogP contribution is 2.16. The van der Waals surface area contributed by atoms with Gasteiger partial charge >= 0.3 is 0 Å². The predicted molar refractivity (Wildman–Crippen MR) is 59.7 cm³/mol. The number of amides is 2. The second-order valence-electron chi connectivity index (χ2n) is 3.64. The summed E-state index contributed by atoms with van der Waals surface area (Å²) in [4.78, 5) is 28.8. The third-order valence-corrected chi connectivity index (χ3v) is 2.52. The lowest BCUT2D eigenvalue weighted by Gasteiger charge is -2.26. The maximum atomic E-state index is 12.2. The molecular weight excluding hydrogens is 222 g/mol. The van der Waals surface area contributed by atoms with E-state index in [0.717, 1.165) is 0 Å². The summed E-state index contributed by atoms with van der Waals surface area (Å²) < 4.78 is 5.02. The minimum Gasteiger partial charge on any atom is -0.480 e. The van der Waals surface area contributed by atoms with E-state index in [2.05, 4.69) is 10.3 Å². The summed E-state index contributed by atoms with van der Waals surface area (Å²) in [5.74, 6) is -0.0965. The second-order valence-corrected chi connectivity index (χ2v) is 3.64. The number of hydrogen-bond donors (Lipinski definition) is 1. The van der Waals surface area contributed by atoms with Crippen LogP contribution < -0.4 is 10.1 Å². The van der Waals surface area contributed by atoms with Crippen LogP contribution in [0.25, 0.3) is 0 Å². The fraction of sp³-hybridized carbons (Fsp3) is 0.364. The molecule has 1 fully saturated rings. The number of methoxy groups -OCH3 is 1. The number of piperazine rings is 1. The minimum absolute atomic E-state index is 0.0802. The van der Waals surface area contributed by atoms with E-state index in [4.69, 9.17) is 4.74 Å². The largest absolute Gasteiger partial charge is 0.480 e. The molecule has 1 aromatic heterocycles. The average molecular weight is 235 g/mol. The summed E-state index contributed by atoms with van der Waals surface area (Å²) in [6.07, 6.45) is 1.55. The Hall–Kier alpha value is -2.11. The Morgan fingerprint density at radius 3 is 3.12 bits per heavy atom. The zero-order chi connectivity index (χ0) is 12.3. The molecule has 0 aliphatic carbocycles. The Kier molecular flexibility index (Phi) is 3.22. The Morgan fingerprint density at radius 2 is 2.41 bits per heavy atom. The maximum absolute atomic E-state index is 12.2. The first-order chi connectivity index (χ1) is 8.22. The molecule has 1 aliphatic rings. The molecule has 90 valence electrons. The van der Waals surface area contributed by atoms with E-state index in [1.54, 1.807) is 18.3 Å². The number of carbonyl (C=O) groups is 2. The van der Waals surface area contributed by atoms with E-state index in [9.17, 15) is 9.59 Å². The molecule has 0 spiro atoms. The van der Waals surface area contributed by atoms with Gasteiger partial charge in [-0.25, -0.2) is 4.98 Å². The molecule has 6 nitrogen and oxygen atoms in total. The van der Waals surface area contributed by atoms with Gasteiger partial charge in [0.15, 0.2) is 0 Å². The van der Waals surface area contributed by atoms with Crippen LogP contribution >= 0.6 is 0 Å². The molecule has 0 bridgehead atoms. The summed E-state index contributed by atoms with van der Waals surface area (Å²) in [6, 6.07) is 3.31. The molecule has 0 aromatic carbocycles. The van der Waals surface area contributed by atoms with E-state index >= 15 is 0 Å². The van der Waals surface area contributed by atoms with Gasteiger partial charge in [0.05, 0.1) is 13.7 Å². The highest BCUT2D eigenvalue weighted by Gasteiger charge is 2.24. The molecular formula is C11H13N3O3. The summed E-state index contributed by atoms with van der Waals surface area (Å²) >= 11 is 0. The zero-order valence-corrected chi connectivity index (χ0v) is 9.47. The first-order valence-electron chi connectivity index (χ1n) is 5.27. The van der Waals surface area contributed by atoms with Crippen LogP contribution in [0.15, 0.2) is 18.3 Å². The van der Waals surface area contributed by atoms with Gasteiger partial charge in [-0.1, -0.05) is 0 Å². The maximum Gasteiger partial charge on any atom is 0.259 e. The van der Waals surface area contributed by atoms with Gasteiger partial charge in [-0.05, 0) is 12.1 Å². The number of ether oxygens (including phenoxy) is 1. The molecule has 17 heavy (non-hydrogen) atoms. The minimum atomic E-state index is -0.232. The molecule has 1 aliphatic heterocycles. The van der Waals surface area contributed by atoms with Gasteiger partial charge in [-0.2, -0.15) is 0 Å². The van der Waals surface area contributed by atoms with E-state index < -0.39 is 0 Å². The molecule has 0 saturated carbocycles. The third-order valence-electron chi connectivity index (χ3n) is 2.52. The fourth-order valence-electron chi connectivity index (χ4n) is 1.70. The van der Waals surface area contributed by atoms with Crippen molar-refractivity contribution in [2.24, 2.45) is 0 Å². The summed E-state index contributed by atoms with van der Waals surface area (Å²) in [5.41, 5.74) is 0.379. The quantitative estimate of drug-likeness (QED) is 0.761. The Bertz CT molecular complexity index is 447. The van der Waals surface area contributed by atoms with Crippen LogP contribution in [0.2, 0.25) is 0 Å². The van der Waals surface area contributed by atoms with E-state index in [0.29, 0.717) is 18.7 Å². The van der Waals surface area contributed by atoms with Crippen molar-refractivity contribution in [2.75, 3.05) is 26.7 Å². The Balaban J connectivity index is 2.21. The highest BCUT2D eigenvalue weighted by molar-refractivity contribution is 5.98. The molecule has 0 unspecified atom stereocenters. The molecule has 2 heterocycles. The second kappa shape index (κ2) is 4.82. The molecule has 0 radical (unpaired) electrons. The Labute approximate surface area is 98.6 Å². The predicted octanol–water partition coefficient (Wildman–Crippen LogP) is -0.338. The van der Waals surface area contributed by atoms with Crippen LogP contribution in [-0.4, -0.2) is 48.4 Å². The van der Waals surface area contributed by atoms with Gasteiger partial charge in [0.2, 0.25) is 11.8 Å². The summed E-state index contributed by atoms with van der Waals surface area (Å²) in [7, 11) is 1.46. The van der Waals surface area contributed by atoms with Crippen LogP contribution in [0.1, 0.15) is 10.4 Å². The van der Waals surface area contributed by atoms with Crippen molar-refractivity contribution in [1.82, 2.24) is 15.2 Å². The number of rotatable bonds is 2. The van der Waals surface area contributed by atoms with Crippen LogP contribution in [0.3, 0.4) is 0 Å². The van der Waals surface area contributed by atoms with Crippen molar-refractivity contribution in [3.8, 4) is 5.88 Å². The fourth-order valence-corrected chi connectivity index (χ4v) is 1.70. The number of aromatic nitrogens is 1. The number of pyridine rings is 1. The van der Waals surface area contributed by atoms with Crippen molar-refractivity contribution < 1.29 is 14.3 Å². The van der Waals surface area contributed by atoms with Crippen LogP contribution in [-0.2, 0) is 4.79 Å². The SMILES string of the molecule is COc1ncccc1C(=O)N1CCNC(=O)C1. The van der Waals surface area contributed by atoms with Gasteiger partial charge in [0, 0.05) is 19.3 Å². The molecule has 1 saturated heterocycles. The van der Waals surface area contributed by atoms with Gasteiger partial charge in [-0.3, -0.25) is 9.59 Å². The van der Waals surface area contributed by atoms with Crippen LogP contribution in [0, 0.1) is 0 Å². The lowest BCUT2D eigenvalue weighted by atomic mass is 10.2. The van der Waals surface area contributed by atoms with Crippen molar-refractivity contribution >= 4 is 11.8 Å². The third kappa shape index (κ3) is 2.35. The molecule has 2 amide bonds. The monoisotopic (exact) mass is 235 g/mol. The number of nitrogens with zero attached hydrogens (tertiary/aromatic N) is 2. The molecule has 1 aromatic rings. The van der Waals surface area contributed by atoms with Crippen LogP contribution in [0.4, 0.5) is 0 Å². The first kappa shape index (κ1) is 11.4. The number of carbonyl (C=O) groups excluding carboxylic acids is 2. The highest BCUT2D eigenvalue weighted by atomic mass is 16.5. The van der Waals surface area contributed by atoms with Crippen molar-refractivity contribution in [2.45, 2.75) is 0 Å². The molecule has 1 N–H and O–H groups in total. The van der Waals surface area contributed by atoms with E-state index in [1.165, 1.54) is 12.0 Å². The van der Waals surface area contributed by atoms with Crippen molar-refractivity contribution in [3.63, 3.8) is 0 Å². The molecule has 6 heteroatoms. The van der Waals surface area contributed by atoms with Gasteiger partial charge in [-0.15, -0.1) is 0 Å². The molecule has 0 atom stereocenters. The Morgan fingerprint density at radius 1 is 1.59 bits per heavy atom. The normalized spacial score (nSPS) is 15.4. The lowest BCUT2D eigenvalue weighted by molar-refractivity contribution is -0.123. The van der Waals surface area contributed by atoms with E-state index in [1.807, 2.05) is 0 Å². The van der Waals surface area contributed by atoms with Gasteiger partial charge in [0.25, 0.3) is 5.91 Å². The molecule has 2 rings (SSSR count). The topological polar surface area (TPSA) is 71.5 Å². The lowest BCUT2D eigenvalue weighted by Crippen LogP contribution is -2.50. The smallest absolute Gasteiger partial charge is 0.259 e. The van der Waals surface area contributed by atoms with Gasteiger partial charge < -0.3 is 15.0 Å². The number of hydrogen-bond acceptors (Lipinski definition) is 4. The van der Waals surface area contributed by atoms with Crippen LogP contribution in [0.5, 0.6) is 5.88 Å². The summed E-state index contributed by atoms with van der Waals surface area (Å²) in [6.45, 7) is 1.06. The number of nitrogens with one attached hydrogen (secondary N) is 1. The standard InChI is InChI=1S/C11H13N3O3/c1-17-10-8(3-2-4-13-10)11(16)14-6-5-12-9(15)7-14/h2-4H,5-7H2,1H3,(H,12,15). The first-order valence-corrected chi connectivity index (χ1v) is 5.27. The van der Waals surface area contributed by atoms with E-state index in [-0.39, 0.29) is 24.2 Å². The van der Waals surface area contributed by atoms with Gasteiger partial charge in [0.1, 0.15) is 5.56 Å². The zero-order valence-electron chi connectivity index (χ0n) is 9.47. The van der Waals surface area contributed by atoms with Crippen molar-refractivity contribution in [1.29, 1.82) is 0 Å².